The van der Waals surface area contributed by atoms with Gasteiger partial charge in [0.2, 0.25) is 10.0 Å². The van der Waals surface area contributed by atoms with Crippen LogP contribution in [0.1, 0.15) is 38.5 Å². The van der Waals surface area contributed by atoms with Crippen molar-refractivity contribution >= 4 is 38.2 Å². The van der Waals surface area contributed by atoms with Gasteiger partial charge >= 0.3 is 0 Å². The third-order valence-electron chi connectivity index (χ3n) is 6.81. The van der Waals surface area contributed by atoms with E-state index in [-0.39, 0.29) is 17.6 Å². The van der Waals surface area contributed by atoms with Crippen LogP contribution in [0.4, 0.5) is 0 Å². The third kappa shape index (κ3) is 3.40. The fraction of sp³-hybridized carbons (Fsp3) is 0.500. The Bertz CT molecular complexity index is 1080. The molecule has 5 nitrogen and oxygen atoms in total. The zero-order valence-corrected chi connectivity index (χ0v) is 17.7. The molecule has 7 heteroatoms. The number of carbonyl (C=O) groups is 1. The molecule has 2 atom stereocenters. The van der Waals surface area contributed by atoms with Crippen molar-refractivity contribution in [2.75, 3.05) is 13.1 Å². The molecule has 0 amide bonds. The molecule has 0 radical (unpaired) electrons. The van der Waals surface area contributed by atoms with Gasteiger partial charge in [0.25, 0.3) is 0 Å². The molecule has 2 aliphatic heterocycles. The topological polar surface area (TPSA) is 63.7 Å². The smallest absolute Gasteiger partial charge is 0.243 e. The summed E-state index contributed by atoms with van der Waals surface area (Å²) in [5.74, 6) is 0.337. The van der Waals surface area contributed by atoms with Crippen molar-refractivity contribution in [3.05, 3.63) is 41.4 Å². The molecule has 2 aromatic rings. The lowest BCUT2D eigenvalue weighted by Gasteiger charge is -2.38. The third-order valence-corrected chi connectivity index (χ3v) is 8.94. The first kappa shape index (κ1) is 19.5. The van der Waals surface area contributed by atoms with Gasteiger partial charge in [-0.25, -0.2) is 8.42 Å². The quantitative estimate of drug-likeness (QED) is 0.712. The van der Waals surface area contributed by atoms with Crippen molar-refractivity contribution in [2.24, 2.45) is 5.92 Å². The van der Waals surface area contributed by atoms with E-state index >= 15 is 0 Å². The Morgan fingerprint density at radius 3 is 2.55 bits per heavy atom. The molecule has 2 aromatic carbocycles. The molecule has 5 rings (SSSR count). The second kappa shape index (κ2) is 7.05. The molecule has 3 aliphatic rings. The van der Waals surface area contributed by atoms with E-state index in [1.807, 2.05) is 12.1 Å². The fourth-order valence-electron chi connectivity index (χ4n) is 5.19. The predicted molar refractivity (Wildman–Crippen MR) is 112 cm³/mol. The Balaban J connectivity index is 1.34. The molecule has 1 saturated carbocycles. The van der Waals surface area contributed by atoms with E-state index in [1.54, 1.807) is 28.6 Å². The lowest BCUT2D eigenvalue weighted by Crippen LogP contribution is -2.46. The molecule has 2 saturated heterocycles. The average Bonchev–Trinajstić information content (AvgIpc) is 3.07. The lowest BCUT2D eigenvalue weighted by molar-refractivity contribution is -0.128. The van der Waals surface area contributed by atoms with E-state index in [0.717, 1.165) is 30.0 Å². The molecule has 3 fully saturated rings. The first-order valence-corrected chi connectivity index (χ1v) is 12.1. The van der Waals surface area contributed by atoms with Crippen molar-refractivity contribution in [1.82, 2.24) is 4.31 Å². The number of hydrogen-bond donors (Lipinski definition) is 0. The number of sulfonamides is 1. The fourth-order valence-corrected chi connectivity index (χ4v) is 6.85. The van der Waals surface area contributed by atoms with Gasteiger partial charge in [-0.15, -0.1) is 0 Å². The Hall–Kier alpha value is -1.47. The van der Waals surface area contributed by atoms with Crippen LogP contribution in [0.3, 0.4) is 0 Å². The number of ether oxygens (including phenoxy) is 1. The average molecular weight is 434 g/mol. The van der Waals surface area contributed by atoms with Gasteiger partial charge in [-0.3, -0.25) is 4.79 Å². The van der Waals surface area contributed by atoms with Crippen LogP contribution in [0.25, 0.3) is 10.8 Å². The molecule has 0 bridgehead atoms. The molecule has 29 heavy (non-hydrogen) atoms. The van der Waals surface area contributed by atoms with Crippen LogP contribution in [0, 0.1) is 5.92 Å². The van der Waals surface area contributed by atoms with Crippen LogP contribution in [0.5, 0.6) is 0 Å². The SMILES string of the molecule is O=C1CCCC2OC3(CCN(S(=O)(=O)c4ccc5cc(Cl)ccc5c4)CC3)CC12. The van der Waals surface area contributed by atoms with Crippen molar-refractivity contribution in [3.63, 3.8) is 0 Å². The number of piperidine rings is 1. The largest absolute Gasteiger partial charge is 0.371 e. The molecular weight excluding hydrogens is 410 g/mol. The summed E-state index contributed by atoms with van der Waals surface area (Å²) in [7, 11) is -3.57. The summed E-state index contributed by atoms with van der Waals surface area (Å²) < 4.78 is 34.3. The van der Waals surface area contributed by atoms with E-state index in [9.17, 15) is 13.2 Å². The molecular formula is C22H24ClNO4S. The highest BCUT2D eigenvalue weighted by Crippen LogP contribution is 2.46. The van der Waals surface area contributed by atoms with Gasteiger partial charge in [0, 0.05) is 30.5 Å². The van der Waals surface area contributed by atoms with E-state index in [1.165, 1.54) is 0 Å². The van der Waals surface area contributed by atoms with Crippen molar-refractivity contribution in [1.29, 1.82) is 0 Å². The summed E-state index contributed by atoms with van der Waals surface area (Å²) >= 11 is 6.02. The van der Waals surface area contributed by atoms with E-state index in [4.69, 9.17) is 16.3 Å². The van der Waals surface area contributed by atoms with E-state index < -0.39 is 10.0 Å². The summed E-state index contributed by atoms with van der Waals surface area (Å²) in [4.78, 5) is 12.5. The number of nitrogens with zero attached hydrogens (tertiary/aromatic N) is 1. The Morgan fingerprint density at radius 2 is 1.79 bits per heavy atom. The number of carbonyl (C=O) groups excluding carboxylic acids is 1. The van der Waals surface area contributed by atoms with Crippen LogP contribution in [0.2, 0.25) is 5.02 Å². The summed E-state index contributed by atoms with van der Waals surface area (Å²) in [5.41, 5.74) is -0.332. The monoisotopic (exact) mass is 433 g/mol. The van der Waals surface area contributed by atoms with Crippen LogP contribution in [-0.4, -0.2) is 43.3 Å². The van der Waals surface area contributed by atoms with Crippen molar-refractivity contribution < 1.29 is 17.9 Å². The van der Waals surface area contributed by atoms with Crippen LogP contribution in [0.15, 0.2) is 41.3 Å². The number of ketones is 1. The standard InChI is InChI=1S/C22H24ClNO4S/c23-17-6-4-16-13-18(7-5-15(16)12-17)29(26,27)24-10-8-22(9-11-24)14-19-20(25)2-1-3-21(19)28-22/h4-7,12-13,19,21H,1-3,8-11,14H2. The second-order valence-corrected chi connectivity index (χ2v) is 10.9. The number of halogens is 1. The van der Waals surface area contributed by atoms with Crippen LogP contribution >= 0.6 is 11.6 Å². The van der Waals surface area contributed by atoms with E-state index in [0.29, 0.717) is 48.1 Å². The number of rotatable bonds is 2. The number of Topliss-reactive ketones (excluding diaryl/α,β-unsaturated/α-hetero) is 1. The molecule has 2 heterocycles. The highest BCUT2D eigenvalue weighted by molar-refractivity contribution is 7.89. The van der Waals surface area contributed by atoms with Crippen molar-refractivity contribution in [3.8, 4) is 0 Å². The maximum absolute atomic E-state index is 13.2. The lowest BCUT2D eigenvalue weighted by atomic mass is 9.79. The molecule has 2 unspecified atom stereocenters. The summed E-state index contributed by atoms with van der Waals surface area (Å²) in [6, 6.07) is 10.6. The first-order chi connectivity index (χ1) is 13.9. The van der Waals surface area contributed by atoms with E-state index in [2.05, 4.69) is 0 Å². The minimum atomic E-state index is -3.57. The predicted octanol–water partition coefficient (Wildman–Crippen LogP) is 4.17. The molecule has 1 aliphatic carbocycles. The molecule has 0 N–H and O–H groups in total. The van der Waals surface area contributed by atoms with Gasteiger partial charge in [-0.1, -0.05) is 23.7 Å². The van der Waals surface area contributed by atoms with Crippen LogP contribution < -0.4 is 0 Å². The summed E-state index contributed by atoms with van der Waals surface area (Å²) in [6.45, 7) is 0.850. The van der Waals surface area contributed by atoms with Gasteiger partial charge in [0.15, 0.2) is 0 Å². The maximum atomic E-state index is 13.2. The van der Waals surface area contributed by atoms with Gasteiger partial charge in [-0.05, 0) is 67.1 Å². The van der Waals surface area contributed by atoms with Crippen molar-refractivity contribution in [2.45, 2.75) is 55.1 Å². The minimum absolute atomic E-state index is 0.0132. The first-order valence-electron chi connectivity index (χ1n) is 10.3. The zero-order valence-electron chi connectivity index (χ0n) is 16.1. The Kier molecular flexibility index (Phi) is 4.74. The normalized spacial score (nSPS) is 27.4. The van der Waals surface area contributed by atoms with Gasteiger partial charge < -0.3 is 4.74 Å². The number of benzene rings is 2. The highest BCUT2D eigenvalue weighted by Gasteiger charge is 2.51. The maximum Gasteiger partial charge on any atom is 0.243 e. The number of hydrogen-bond acceptors (Lipinski definition) is 4. The Morgan fingerprint density at radius 1 is 1.07 bits per heavy atom. The summed E-state index contributed by atoms with van der Waals surface area (Å²) in [6.07, 6.45) is 4.60. The second-order valence-electron chi connectivity index (χ2n) is 8.57. The zero-order chi connectivity index (χ0) is 20.2. The van der Waals surface area contributed by atoms with Gasteiger partial charge in [0.05, 0.1) is 16.6 Å². The molecule has 0 aromatic heterocycles. The molecule has 1 spiro atoms. The van der Waals surface area contributed by atoms with Gasteiger partial charge in [-0.2, -0.15) is 4.31 Å². The minimum Gasteiger partial charge on any atom is -0.371 e. The molecule has 154 valence electrons. The van der Waals surface area contributed by atoms with Crippen LogP contribution in [-0.2, 0) is 19.6 Å². The number of fused-ring (bicyclic) bond motifs is 2. The van der Waals surface area contributed by atoms with Gasteiger partial charge in [0.1, 0.15) is 5.78 Å². The Labute approximate surface area is 176 Å². The summed E-state index contributed by atoms with van der Waals surface area (Å²) in [5, 5.41) is 2.40. The highest BCUT2D eigenvalue weighted by atomic mass is 35.5.